The molecule has 0 atom stereocenters. The summed E-state index contributed by atoms with van der Waals surface area (Å²) in [5, 5.41) is 9.63. The third-order valence-corrected chi connectivity index (χ3v) is 2.50. The van der Waals surface area contributed by atoms with E-state index in [4.69, 9.17) is 9.47 Å². The number of hydrogen-bond acceptors (Lipinski definition) is 4. The van der Waals surface area contributed by atoms with E-state index in [9.17, 15) is 4.79 Å². The number of H-pyrrole nitrogens is 1. The summed E-state index contributed by atoms with van der Waals surface area (Å²) in [4.78, 5) is 11.7. The van der Waals surface area contributed by atoms with Crippen molar-refractivity contribution < 1.29 is 14.3 Å². The highest BCUT2D eigenvalue weighted by Gasteiger charge is 2.21. The van der Waals surface area contributed by atoms with Gasteiger partial charge in [-0.2, -0.15) is 5.10 Å². The molecule has 1 aliphatic heterocycles. The van der Waals surface area contributed by atoms with E-state index in [1.54, 1.807) is 7.11 Å². The third-order valence-electron chi connectivity index (χ3n) is 2.50. The molecule has 2 heterocycles. The van der Waals surface area contributed by atoms with Crippen LogP contribution in [0.2, 0.25) is 0 Å². The molecule has 16 heavy (non-hydrogen) atoms. The zero-order valence-corrected chi connectivity index (χ0v) is 9.21. The number of carbonyl (C=O) groups is 1. The van der Waals surface area contributed by atoms with Crippen molar-refractivity contribution in [2.45, 2.75) is 13.0 Å². The lowest BCUT2D eigenvalue weighted by atomic mass is 10.1. The van der Waals surface area contributed by atoms with Crippen LogP contribution in [0.3, 0.4) is 0 Å². The van der Waals surface area contributed by atoms with Gasteiger partial charge in [-0.1, -0.05) is 0 Å². The molecule has 1 aliphatic rings. The number of methoxy groups -OCH3 is 1. The van der Waals surface area contributed by atoms with Crippen LogP contribution in [0.5, 0.6) is 0 Å². The molecule has 0 aliphatic carbocycles. The highest BCUT2D eigenvalue weighted by Crippen LogP contribution is 2.17. The van der Waals surface area contributed by atoms with Gasteiger partial charge in [-0.3, -0.25) is 9.89 Å². The van der Waals surface area contributed by atoms with Crippen LogP contribution in [-0.2, 0) is 22.5 Å². The van der Waals surface area contributed by atoms with Gasteiger partial charge in [0.25, 0.3) is 5.91 Å². The quantitative estimate of drug-likeness (QED) is 0.699. The fourth-order valence-electron chi connectivity index (χ4n) is 1.65. The number of rotatable bonds is 4. The first kappa shape index (κ1) is 11.1. The van der Waals surface area contributed by atoms with Gasteiger partial charge in [-0.05, 0) is 0 Å². The second-order valence-electron chi connectivity index (χ2n) is 3.58. The van der Waals surface area contributed by atoms with E-state index in [2.05, 4.69) is 15.5 Å². The lowest BCUT2D eigenvalue weighted by Gasteiger charge is -2.12. The molecule has 0 aromatic carbocycles. The number of fused-ring (bicyclic) bond motifs is 1. The van der Waals surface area contributed by atoms with Crippen LogP contribution in [0.25, 0.3) is 0 Å². The Hall–Kier alpha value is -1.40. The topological polar surface area (TPSA) is 76.2 Å². The van der Waals surface area contributed by atoms with Crippen LogP contribution < -0.4 is 5.32 Å². The van der Waals surface area contributed by atoms with Gasteiger partial charge in [0, 0.05) is 31.3 Å². The smallest absolute Gasteiger partial charge is 0.272 e. The normalized spacial score (nSPS) is 14.6. The van der Waals surface area contributed by atoms with Crippen molar-refractivity contribution in [3.8, 4) is 0 Å². The minimum atomic E-state index is -0.181. The maximum atomic E-state index is 11.7. The van der Waals surface area contributed by atoms with Crippen LogP contribution in [0.4, 0.5) is 0 Å². The Bertz CT molecular complexity index is 375. The van der Waals surface area contributed by atoms with Gasteiger partial charge in [0.1, 0.15) is 0 Å². The summed E-state index contributed by atoms with van der Waals surface area (Å²) < 4.78 is 10.2. The van der Waals surface area contributed by atoms with E-state index in [0.717, 1.165) is 17.7 Å². The first-order valence-corrected chi connectivity index (χ1v) is 5.24. The average Bonchev–Trinajstić information content (AvgIpc) is 2.73. The Labute approximate surface area is 93.3 Å². The monoisotopic (exact) mass is 225 g/mol. The molecule has 1 aromatic rings. The molecular weight excluding hydrogens is 210 g/mol. The molecule has 6 heteroatoms. The van der Waals surface area contributed by atoms with Crippen LogP contribution in [0.15, 0.2) is 0 Å². The molecule has 0 radical (unpaired) electrons. The zero-order chi connectivity index (χ0) is 11.4. The van der Waals surface area contributed by atoms with Crippen LogP contribution in [0.1, 0.15) is 21.7 Å². The van der Waals surface area contributed by atoms with E-state index in [0.29, 0.717) is 32.1 Å². The number of aromatic amines is 1. The van der Waals surface area contributed by atoms with Gasteiger partial charge in [0.2, 0.25) is 0 Å². The van der Waals surface area contributed by atoms with E-state index < -0.39 is 0 Å². The van der Waals surface area contributed by atoms with Gasteiger partial charge in [0.05, 0.1) is 19.8 Å². The van der Waals surface area contributed by atoms with Crippen molar-refractivity contribution in [1.29, 1.82) is 0 Å². The summed E-state index contributed by atoms with van der Waals surface area (Å²) in [5.74, 6) is -0.181. The number of nitrogens with one attached hydrogen (secondary N) is 2. The number of carbonyl (C=O) groups excluding carboxylic acids is 1. The maximum Gasteiger partial charge on any atom is 0.272 e. The fraction of sp³-hybridized carbons (Fsp3) is 0.600. The molecule has 0 saturated carbocycles. The van der Waals surface area contributed by atoms with E-state index in [-0.39, 0.29) is 5.91 Å². The van der Waals surface area contributed by atoms with E-state index >= 15 is 0 Å². The Morgan fingerprint density at radius 1 is 1.69 bits per heavy atom. The number of aromatic nitrogens is 2. The Kier molecular flexibility index (Phi) is 3.53. The molecule has 0 bridgehead atoms. The lowest BCUT2D eigenvalue weighted by molar-refractivity contribution is 0.0910. The second kappa shape index (κ2) is 5.09. The first-order chi connectivity index (χ1) is 7.83. The minimum Gasteiger partial charge on any atom is -0.383 e. The predicted molar refractivity (Wildman–Crippen MR) is 56.2 cm³/mol. The highest BCUT2D eigenvalue weighted by molar-refractivity contribution is 5.93. The molecule has 6 nitrogen and oxygen atoms in total. The average molecular weight is 225 g/mol. The third kappa shape index (κ3) is 2.23. The van der Waals surface area contributed by atoms with Crippen molar-refractivity contribution in [3.63, 3.8) is 0 Å². The minimum absolute atomic E-state index is 0.181. The maximum absolute atomic E-state index is 11.7. The van der Waals surface area contributed by atoms with Crippen molar-refractivity contribution in [1.82, 2.24) is 15.5 Å². The van der Waals surface area contributed by atoms with Crippen molar-refractivity contribution in [2.75, 3.05) is 26.9 Å². The second-order valence-corrected chi connectivity index (χ2v) is 3.58. The van der Waals surface area contributed by atoms with Crippen molar-refractivity contribution in [3.05, 3.63) is 17.0 Å². The molecular formula is C10H15N3O3. The van der Waals surface area contributed by atoms with Gasteiger partial charge in [-0.15, -0.1) is 0 Å². The molecule has 0 saturated heterocycles. The first-order valence-electron chi connectivity index (χ1n) is 5.24. The summed E-state index contributed by atoms with van der Waals surface area (Å²) in [6, 6.07) is 0. The molecule has 0 unspecified atom stereocenters. The van der Waals surface area contributed by atoms with Gasteiger partial charge >= 0.3 is 0 Å². The van der Waals surface area contributed by atoms with Crippen molar-refractivity contribution >= 4 is 5.91 Å². The summed E-state index contributed by atoms with van der Waals surface area (Å²) in [5.41, 5.74) is 2.31. The Morgan fingerprint density at radius 3 is 3.38 bits per heavy atom. The summed E-state index contributed by atoms with van der Waals surface area (Å²) in [6.07, 6.45) is 0.785. The summed E-state index contributed by atoms with van der Waals surface area (Å²) in [6.45, 7) is 2.12. The molecule has 0 spiro atoms. The molecule has 0 fully saturated rings. The number of nitrogens with zero attached hydrogens (tertiary/aromatic N) is 1. The van der Waals surface area contributed by atoms with Crippen LogP contribution in [0, 0.1) is 0 Å². The van der Waals surface area contributed by atoms with Gasteiger partial charge in [-0.25, -0.2) is 0 Å². The SMILES string of the molecule is COCCNC(=O)c1n[nH]c2c1COCC2. The summed E-state index contributed by atoms with van der Waals surface area (Å²) >= 11 is 0. The molecule has 2 N–H and O–H groups in total. The molecule has 88 valence electrons. The lowest BCUT2D eigenvalue weighted by Crippen LogP contribution is -2.28. The van der Waals surface area contributed by atoms with Crippen LogP contribution in [-0.4, -0.2) is 43.0 Å². The number of amides is 1. The largest absolute Gasteiger partial charge is 0.383 e. The predicted octanol–water partition coefficient (Wildman–Crippen LogP) is -0.141. The zero-order valence-electron chi connectivity index (χ0n) is 9.21. The number of ether oxygens (including phenoxy) is 2. The van der Waals surface area contributed by atoms with Crippen molar-refractivity contribution in [2.24, 2.45) is 0 Å². The highest BCUT2D eigenvalue weighted by atomic mass is 16.5. The van der Waals surface area contributed by atoms with E-state index in [1.165, 1.54) is 0 Å². The molecule has 1 amide bonds. The van der Waals surface area contributed by atoms with Crippen LogP contribution >= 0.6 is 0 Å². The van der Waals surface area contributed by atoms with Gasteiger partial charge in [0.15, 0.2) is 5.69 Å². The standard InChI is InChI=1S/C10H15N3O3/c1-15-5-3-11-10(14)9-7-6-16-4-2-8(7)12-13-9/h2-6H2,1H3,(H,11,14)(H,12,13). The Balaban J connectivity index is 2.03. The van der Waals surface area contributed by atoms with Gasteiger partial charge < -0.3 is 14.8 Å². The summed E-state index contributed by atoms with van der Waals surface area (Å²) in [7, 11) is 1.59. The molecule has 1 aromatic heterocycles. The molecule has 2 rings (SSSR count). The number of hydrogen-bond donors (Lipinski definition) is 2. The van der Waals surface area contributed by atoms with E-state index in [1.807, 2.05) is 0 Å². The fourth-order valence-corrected chi connectivity index (χ4v) is 1.65. The Morgan fingerprint density at radius 2 is 2.56 bits per heavy atom.